The summed E-state index contributed by atoms with van der Waals surface area (Å²) in [5, 5.41) is 3.34. The van der Waals surface area contributed by atoms with Gasteiger partial charge >= 0.3 is 0 Å². The van der Waals surface area contributed by atoms with Crippen LogP contribution in [-0.4, -0.2) is 35.9 Å². The van der Waals surface area contributed by atoms with Crippen LogP contribution >= 0.6 is 11.6 Å². The Bertz CT molecular complexity index is 803. The Morgan fingerprint density at radius 1 is 1.12 bits per heavy atom. The van der Waals surface area contributed by atoms with Crippen LogP contribution < -0.4 is 10.1 Å². The smallest absolute Gasteiger partial charge is 0.265 e. The van der Waals surface area contributed by atoms with Gasteiger partial charge in [-0.05, 0) is 56.2 Å². The lowest BCUT2D eigenvalue weighted by Crippen LogP contribution is -2.30. The molecule has 1 aliphatic rings. The fraction of sp³-hybridized carbons (Fsp3) is 0.300. The zero-order chi connectivity index (χ0) is 18.5. The highest BCUT2D eigenvalue weighted by atomic mass is 35.5. The lowest BCUT2D eigenvalue weighted by molar-refractivity contribution is -0.122. The van der Waals surface area contributed by atoms with Gasteiger partial charge < -0.3 is 15.0 Å². The van der Waals surface area contributed by atoms with Gasteiger partial charge in [-0.2, -0.15) is 0 Å². The second-order valence-corrected chi connectivity index (χ2v) is 6.72. The van der Waals surface area contributed by atoms with Crippen molar-refractivity contribution in [3.8, 4) is 5.75 Å². The fourth-order valence-electron chi connectivity index (χ4n) is 2.87. The van der Waals surface area contributed by atoms with Crippen LogP contribution in [0.4, 0.5) is 5.69 Å². The molecule has 1 aliphatic heterocycles. The SMILES string of the molecule is CC(Oc1cccc(Cl)c1)C(=O)Nc1cccc(C(=O)N2CCCC2)c1. The Morgan fingerprint density at radius 2 is 1.85 bits per heavy atom. The number of ether oxygens (including phenoxy) is 1. The van der Waals surface area contributed by atoms with Gasteiger partial charge in [-0.3, -0.25) is 9.59 Å². The highest BCUT2D eigenvalue weighted by Gasteiger charge is 2.20. The van der Waals surface area contributed by atoms with Gasteiger partial charge in [-0.25, -0.2) is 0 Å². The van der Waals surface area contributed by atoms with Crippen molar-refractivity contribution in [1.29, 1.82) is 0 Å². The molecule has 1 unspecified atom stereocenters. The van der Waals surface area contributed by atoms with Gasteiger partial charge in [0.1, 0.15) is 5.75 Å². The van der Waals surface area contributed by atoms with Crippen molar-refractivity contribution in [2.75, 3.05) is 18.4 Å². The van der Waals surface area contributed by atoms with E-state index in [4.69, 9.17) is 16.3 Å². The van der Waals surface area contributed by atoms with Crippen LogP contribution in [0.3, 0.4) is 0 Å². The Labute approximate surface area is 157 Å². The van der Waals surface area contributed by atoms with Crippen LogP contribution in [-0.2, 0) is 4.79 Å². The minimum absolute atomic E-state index is 0.00169. The highest BCUT2D eigenvalue weighted by molar-refractivity contribution is 6.30. The highest BCUT2D eigenvalue weighted by Crippen LogP contribution is 2.20. The molecule has 1 saturated heterocycles. The van der Waals surface area contributed by atoms with Crippen LogP contribution in [0.15, 0.2) is 48.5 Å². The molecule has 1 atom stereocenters. The number of halogens is 1. The number of carbonyl (C=O) groups excluding carboxylic acids is 2. The molecule has 0 bridgehead atoms. The summed E-state index contributed by atoms with van der Waals surface area (Å²) >= 11 is 5.92. The summed E-state index contributed by atoms with van der Waals surface area (Å²) in [7, 11) is 0. The number of nitrogens with one attached hydrogen (secondary N) is 1. The standard InChI is InChI=1S/C20H21ClN2O3/c1-14(26-18-9-5-7-16(21)13-18)19(24)22-17-8-4-6-15(12-17)20(25)23-10-2-3-11-23/h4-9,12-14H,2-3,10-11H2,1H3,(H,22,24). The number of carbonyl (C=O) groups is 2. The summed E-state index contributed by atoms with van der Waals surface area (Å²) in [4.78, 5) is 26.7. The molecule has 2 aromatic rings. The molecule has 6 heteroatoms. The summed E-state index contributed by atoms with van der Waals surface area (Å²) < 4.78 is 5.62. The van der Waals surface area contributed by atoms with Gasteiger partial charge in [0.2, 0.25) is 0 Å². The van der Waals surface area contributed by atoms with Crippen molar-refractivity contribution in [3.05, 3.63) is 59.1 Å². The molecule has 0 aromatic heterocycles. The van der Waals surface area contributed by atoms with E-state index in [-0.39, 0.29) is 11.8 Å². The van der Waals surface area contributed by atoms with Crippen molar-refractivity contribution < 1.29 is 14.3 Å². The van der Waals surface area contributed by atoms with Gasteiger partial charge in [0.05, 0.1) is 0 Å². The Morgan fingerprint density at radius 3 is 2.58 bits per heavy atom. The molecule has 2 aromatic carbocycles. The molecular weight excluding hydrogens is 352 g/mol. The lowest BCUT2D eigenvalue weighted by atomic mass is 10.1. The molecule has 0 saturated carbocycles. The molecule has 3 rings (SSSR count). The fourth-order valence-corrected chi connectivity index (χ4v) is 3.05. The molecule has 1 fully saturated rings. The molecule has 1 N–H and O–H groups in total. The zero-order valence-electron chi connectivity index (χ0n) is 14.6. The second-order valence-electron chi connectivity index (χ2n) is 6.29. The molecule has 2 amide bonds. The van der Waals surface area contributed by atoms with Gasteiger partial charge in [0.25, 0.3) is 11.8 Å². The first-order valence-electron chi connectivity index (χ1n) is 8.65. The van der Waals surface area contributed by atoms with Crippen LogP contribution in [0.25, 0.3) is 0 Å². The third kappa shape index (κ3) is 4.55. The van der Waals surface area contributed by atoms with E-state index in [1.165, 1.54) is 0 Å². The number of anilines is 1. The van der Waals surface area contributed by atoms with Crippen molar-refractivity contribution in [3.63, 3.8) is 0 Å². The normalized spacial score (nSPS) is 14.8. The van der Waals surface area contributed by atoms with Gasteiger partial charge in [-0.15, -0.1) is 0 Å². The first-order valence-corrected chi connectivity index (χ1v) is 9.03. The van der Waals surface area contributed by atoms with E-state index >= 15 is 0 Å². The molecule has 1 heterocycles. The Balaban J connectivity index is 1.63. The van der Waals surface area contributed by atoms with Gasteiger partial charge in [0, 0.05) is 29.4 Å². The Hall–Kier alpha value is -2.53. The van der Waals surface area contributed by atoms with Crippen molar-refractivity contribution in [2.24, 2.45) is 0 Å². The summed E-state index contributed by atoms with van der Waals surface area (Å²) in [5.74, 6) is 0.232. The monoisotopic (exact) mass is 372 g/mol. The number of nitrogens with zero attached hydrogens (tertiary/aromatic N) is 1. The second kappa shape index (κ2) is 8.23. The average Bonchev–Trinajstić information content (AvgIpc) is 3.16. The first-order chi connectivity index (χ1) is 12.5. The zero-order valence-corrected chi connectivity index (χ0v) is 15.3. The third-order valence-electron chi connectivity index (χ3n) is 4.25. The Kier molecular flexibility index (Phi) is 5.78. The number of benzene rings is 2. The summed E-state index contributed by atoms with van der Waals surface area (Å²) in [5.41, 5.74) is 1.15. The predicted molar refractivity (Wildman–Crippen MR) is 102 cm³/mol. The number of hydrogen-bond acceptors (Lipinski definition) is 3. The van der Waals surface area contributed by atoms with Crippen molar-refractivity contribution >= 4 is 29.1 Å². The minimum atomic E-state index is -0.702. The molecule has 0 radical (unpaired) electrons. The number of likely N-dealkylation sites (tertiary alicyclic amines) is 1. The maximum absolute atomic E-state index is 12.5. The topological polar surface area (TPSA) is 58.6 Å². The largest absolute Gasteiger partial charge is 0.481 e. The number of amides is 2. The van der Waals surface area contributed by atoms with E-state index in [9.17, 15) is 9.59 Å². The summed E-state index contributed by atoms with van der Waals surface area (Å²) in [6.07, 6.45) is 1.38. The van der Waals surface area contributed by atoms with Gasteiger partial charge in [-0.1, -0.05) is 23.7 Å². The van der Waals surface area contributed by atoms with E-state index in [1.807, 2.05) is 4.90 Å². The molecule has 0 spiro atoms. The van der Waals surface area contributed by atoms with E-state index in [0.29, 0.717) is 22.0 Å². The van der Waals surface area contributed by atoms with Crippen molar-refractivity contribution in [2.45, 2.75) is 25.9 Å². The molecule has 136 valence electrons. The van der Waals surface area contributed by atoms with Crippen LogP contribution in [0, 0.1) is 0 Å². The quantitative estimate of drug-likeness (QED) is 0.863. The van der Waals surface area contributed by atoms with Crippen LogP contribution in [0.1, 0.15) is 30.1 Å². The van der Waals surface area contributed by atoms with Crippen LogP contribution in [0.2, 0.25) is 5.02 Å². The van der Waals surface area contributed by atoms with Crippen LogP contribution in [0.5, 0.6) is 5.75 Å². The predicted octanol–water partition coefficient (Wildman–Crippen LogP) is 3.98. The molecular formula is C20H21ClN2O3. The molecule has 26 heavy (non-hydrogen) atoms. The van der Waals surface area contributed by atoms with E-state index in [0.717, 1.165) is 25.9 Å². The minimum Gasteiger partial charge on any atom is -0.481 e. The average molecular weight is 373 g/mol. The first kappa shape index (κ1) is 18.3. The third-order valence-corrected chi connectivity index (χ3v) is 4.48. The summed E-state index contributed by atoms with van der Waals surface area (Å²) in [6.45, 7) is 3.25. The molecule has 5 nitrogen and oxygen atoms in total. The van der Waals surface area contributed by atoms with Crippen molar-refractivity contribution in [1.82, 2.24) is 4.90 Å². The van der Waals surface area contributed by atoms with Gasteiger partial charge in [0.15, 0.2) is 6.10 Å². The van der Waals surface area contributed by atoms with E-state index < -0.39 is 6.10 Å². The molecule has 0 aliphatic carbocycles. The van der Waals surface area contributed by atoms with E-state index in [1.54, 1.807) is 55.5 Å². The lowest BCUT2D eigenvalue weighted by Gasteiger charge is -2.17. The number of hydrogen-bond donors (Lipinski definition) is 1. The van der Waals surface area contributed by atoms with E-state index in [2.05, 4.69) is 5.32 Å². The summed E-state index contributed by atoms with van der Waals surface area (Å²) in [6, 6.07) is 13.9. The maximum atomic E-state index is 12.5. The number of rotatable bonds is 5. The maximum Gasteiger partial charge on any atom is 0.265 e.